The van der Waals surface area contributed by atoms with E-state index in [1.54, 1.807) is 6.20 Å². The van der Waals surface area contributed by atoms with Crippen molar-refractivity contribution in [1.82, 2.24) is 24.7 Å². The van der Waals surface area contributed by atoms with Gasteiger partial charge < -0.3 is 11.1 Å². The Kier molecular flexibility index (Phi) is 4.42. The second kappa shape index (κ2) is 7.64. The zero-order valence-corrected chi connectivity index (χ0v) is 18.9. The average molecular weight is 447 g/mol. The number of nitrogens with two attached hydrogens (primary N) is 1. The standard InChI is InChI=1S/C28H26N6/c29-27-26-25(33-28(34(26)13-12-30-27)20-14-22(15-20)31-21-9-10-21)19-7-6-18-8-11-23(32-24(18)16-19)17-4-2-1-3-5-17/h1-8,11-13,16,20-22,31H,9-10,14-15H2,(H2,29,30)/t20-,22+. The van der Waals surface area contributed by atoms with E-state index in [9.17, 15) is 0 Å². The van der Waals surface area contributed by atoms with E-state index >= 15 is 0 Å². The van der Waals surface area contributed by atoms with Crippen LogP contribution < -0.4 is 11.1 Å². The zero-order valence-electron chi connectivity index (χ0n) is 18.9. The van der Waals surface area contributed by atoms with Gasteiger partial charge in [0.15, 0.2) is 0 Å². The monoisotopic (exact) mass is 446 g/mol. The van der Waals surface area contributed by atoms with Gasteiger partial charge >= 0.3 is 0 Å². The lowest BCUT2D eigenvalue weighted by Gasteiger charge is -2.35. The first kappa shape index (κ1) is 19.7. The fraction of sp³-hybridized carbons (Fsp3) is 0.250. The first-order valence-corrected chi connectivity index (χ1v) is 12.1. The molecule has 0 bridgehead atoms. The van der Waals surface area contributed by atoms with Gasteiger partial charge in [0, 0.05) is 46.9 Å². The predicted molar refractivity (Wildman–Crippen MR) is 135 cm³/mol. The molecule has 3 heterocycles. The van der Waals surface area contributed by atoms with Gasteiger partial charge in [0.05, 0.1) is 11.2 Å². The third kappa shape index (κ3) is 3.33. The van der Waals surface area contributed by atoms with Crippen LogP contribution in [0.15, 0.2) is 73.1 Å². The van der Waals surface area contributed by atoms with Gasteiger partial charge in [-0.15, -0.1) is 0 Å². The molecule has 0 unspecified atom stereocenters. The second-order valence-corrected chi connectivity index (χ2v) is 9.63. The molecular formula is C28H26N6. The summed E-state index contributed by atoms with van der Waals surface area (Å²) in [6.45, 7) is 0. The van der Waals surface area contributed by atoms with Crippen LogP contribution >= 0.6 is 0 Å². The SMILES string of the molecule is Nc1nccn2c1c(-c1ccc3ccc(-c4ccccc4)nc3c1)nc2[C@H]1C[C@@H](NC2CC2)C1. The maximum absolute atomic E-state index is 6.38. The lowest BCUT2D eigenvalue weighted by Crippen LogP contribution is -2.41. The predicted octanol–water partition coefficient (Wildman–Crippen LogP) is 5.19. The molecule has 2 fully saturated rings. The molecule has 0 aliphatic heterocycles. The first-order chi connectivity index (χ1) is 16.7. The van der Waals surface area contributed by atoms with Crippen molar-refractivity contribution in [1.29, 1.82) is 0 Å². The van der Waals surface area contributed by atoms with Crippen LogP contribution in [0.3, 0.4) is 0 Å². The Morgan fingerprint density at radius 3 is 2.53 bits per heavy atom. The number of imidazole rings is 1. The van der Waals surface area contributed by atoms with Gasteiger partial charge in [-0.1, -0.05) is 48.5 Å². The highest BCUT2D eigenvalue weighted by molar-refractivity contribution is 5.91. The van der Waals surface area contributed by atoms with Crippen molar-refractivity contribution in [3.63, 3.8) is 0 Å². The number of fused-ring (bicyclic) bond motifs is 2. The van der Waals surface area contributed by atoms with Crippen molar-refractivity contribution in [2.45, 2.75) is 43.7 Å². The zero-order chi connectivity index (χ0) is 22.6. The molecule has 6 nitrogen and oxygen atoms in total. The molecule has 3 aromatic heterocycles. The van der Waals surface area contributed by atoms with Crippen molar-refractivity contribution < 1.29 is 0 Å². The largest absolute Gasteiger partial charge is 0.382 e. The highest BCUT2D eigenvalue weighted by atomic mass is 15.1. The molecule has 3 N–H and O–H groups in total. The number of pyridine rings is 1. The minimum absolute atomic E-state index is 0.433. The van der Waals surface area contributed by atoms with Gasteiger partial charge in [-0.2, -0.15) is 0 Å². The summed E-state index contributed by atoms with van der Waals surface area (Å²) in [5, 5.41) is 4.85. The first-order valence-electron chi connectivity index (χ1n) is 12.1. The summed E-state index contributed by atoms with van der Waals surface area (Å²) < 4.78 is 2.15. The highest BCUT2D eigenvalue weighted by Crippen LogP contribution is 2.41. The second-order valence-electron chi connectivity index (χ2n) is 9.63. The Hall–Kier alpha value is -3.77. The number of aromatic nitrogens is 4. The number of benzene rings is 2. The minimum atomic E-state index is 0.433. The number of nitrogens with zero attached hydrogens (tertiary/aromatic N) is 4. The van der Waals surface area contributed by atoms with Gasteiger partial charge in [-0.05, 0) is 37.8 Å². The maximum atomic E-state index is 6.38. The molecule has 168 valence electrons. The molecule has 0 amide bonds. The van der Waals surface area contributed by atoms with Crippen LogP contribution in [0.4, 0.5) is 5.82 Å². The third-order valence-electron chi connectivity index (χ3n) is 7.20. The average Bonchev–Trinajstić information content (AvgIpc) is 3.59. The molecule has 0 saturated heterocycles. The van der Waals surface area contributed by atoms with Crippen molar-refractivity contribution in [3.05, 3.63) is 78.9 Å². The topological polar surface area (TPSA) is 81.1 Å². The van der Waals surface area contributed by atoms with Crippen LogP contribution in [0.2, 0.25) is 0 Å². The number of nitrogen functional groups attached to an aromatic ring is 1. The van der Waals surface area contributed by atoms with Gasteiger partial charge in [0.25, 0.3) is 0 Å². The molecule has 0 radical (unpaired) electrons. The molecule has 0 spiro atoms. The Labute approximate surface area is 197 Å². The summed E-state index contributed by atoms with van der Waals surface area (Å²) in [5.41, 5.74) is 12.2. The molecule has 2 saturated carbocycles. The summed E-state index contributed by atoms with van der Waals surface area (Å²) in [6, 6.07) is 22.2. The lowest BCUT2D eigenvalue weighted by molar-refractivity contribution is 0.279. The minimum Gasteiger partial charge on any atom is -0.382 e. The Bertz CT molecular complexity index is 1510. The van der Waals surface area contributed by atoms with Crippen LogP contribution in [0, 0.1) is 0 Å². The van der Waals surface area contributed by atoms with Gasteiger partial charge in [0.1, 0.15) is 22.9 Å². The Morgan fingerprint density at radius 2 is 1.71 bits per heavy atom. The smallest absolute Gasteiger partial charge is 0.150 e. The molecule has 7 rings (SSSR count). The van der Waals surface area contributed by atoms with Crippen molar-refractivity contribution in [3.8, 4) is 22.5 Å². The molecule has 2 aliphatic rings. The number of hydrogen-bond donors (Lipinski definition) is 2. The van der Waals surface area contributed by atoms with E-state index < -0.39 is 0 Å². The van der Waals surface area contributed by atoms with Gasteiger partial charge in [-0.25, -0.2) is 15.0 Å². The van der Waals surface area contributed by atoms with Crippen LogP contribution in [0.25, 0.3) is 38.9 Å². The molecule has 0 atom stereocenters. The number of hydrogen-bond acceptors (Lipinski definition) is 5. The fourth-order valence-electron chi connectivity index (χ4n) is 5.16. The molecular weight excluding hydrogens is 420 g/mol. The lowest BCUT2D eigenvalue weighted by atomic mass is 9.79. The summed E-state index contributed by atoms with van der Waals surface area (Å²) in [6.07, 6.45) is 8.65. The van der Waals surface area contributed by atoms with E-state index in [4.69, 9.17) is 15.7 Å². The maximum Gasteiger partial charge on any atom is 0.150 e. The summed E-state index contributed by atoms with van der Waals surface area (Å²) in [5.74, 6) is 2.02. The van der Waals surface area contributed by atoms with Crippen molar-refractivity contribution >= 4 is 22.2 Å². The van der Waals surface area contributed by atoms with Crippen LogP contribution in [0.1, 0.15) is 37.4 Å². The molecule has 2 aromatic carbocycles. The van der Waals surface area contributed by atoms with E-state index in [0.29, 0.717) is 17.8 Å². The number of anilines is 1. The molecule has 5 aromatic rings. The highest BCUT2D eigenvalue weighted by Gasteiger charge is 2.37. The summed E-state index contributed by atoms with van der Waals surface area (Å²) in [4.78, 5) is 14.5. The summed E-state index contributed by atoms with van der Waals surface area (Å²) >= 11 is 0. The number of rotatable bonds is 5. The van der Waals surface area contributed by atoms with E-state index in [-0.39, 0.29) is 0 Å². The Morgan fingerprint density at radius 1 is 0.882 bits per heavy atom. The van der Waals surface area contributed by atoms with Crippen molar-refractivity contribution in [2.75, 3.05) is 5.73 Å². The molecule has 2 aliphatic carbocycles. The van der Waals surface area contributed by atoms with Crippen LogP contribution in [-0.2, 0) is 0 Å². The van der Waals surface area contributed by atoms with Crippen LogP contribution in [0.5, 0.6) is 0 Å². The van der Waals surface area contributed by atoms with Gasteiger partial charge in [-0.3, -0.25) is 4.40 Å². The molecule has 34 heavy (non-hydrogen) atoms. The van der Waals surface area contributed by atoms with E-state index in [0.717, 1.165) is 63.6 Å². The third-order valence-corrected chi connectivity index (χ3v) is 7.20. The van der Waals surface area contributed by atoms with E-state index in [2.05, 4.69) is 57.2 Å². The summed E-state index contributed by atoms with van der Waals surface area (Å²) in [7, 11) is 0. The van der Waals surface area contributed by atoms with E-state index in [1.807, 2.05) is 24.4 Å². The molecule has 6 heteroatoms. The fourth-order valence-corrected chi connectivity index (χ4v) is 5.16. The van der Waals surface area contributed by atoms with Crippen LogP contribution in [-0.4, -0.2) is 31.4 Å². The quantitative estimate of drug-likeness (QED) is 0.388. The Balaban J connectivity index is 1.30. The van der Waals surface area contributed by atoms with Crippen molar-refractivity contribution in [2.24, 2.45) is 0 Å². The normalized spacial score (nSPS) is 20.0. The van der Waals surface area contributed by atoms with Gasteiger partial charge in [0.2, 0.25) is 0 Å². The number of nitrogens with one attached hydrogen (secondary N) is 1. The van der Waals surface area contributed by atoms with E-state index in [1.165, 1.54) is 12.8 Å².